The van der Waals surface area contributed by atoms with E-state index in [1.54, 1.807) is 11.3 Å². The number of guanidine groups is 1. The minimum absolute atomic E-state index is 0. The van der Waals surface area contributed by atoms with Crippen molar-refractivity contribution in [3.8, 4) is 0 Å². The molecule has 0 radical (unpaired) electrons. The molecule has 1 aromatic carbocycles. The quantitative estimate of drug-likeness (QED) is 0.312. The summed E-state index contributed by atoms with van der Waals surface area (Å²) >= 11 is 1.71. The van der Waals surface area contributed by atoms with Crippen LogP contribution in [0.3, 0.4) is 0 Å². The van der Waals surface area contributed by atoms with Gasteiger partial charge in [-0.1, -0.05) is 43.7 Å². The maximum Gasteiger partial charge on any atom is 0.191 e. The summed E-state index contributed by atoms with van der Waals surface area (Å²) in [6.07, 6.45) is 2.58. The maximum absolute atomic E-state index is 4.70. The van der Waals surface area contributed by atoms with Crippen molar-refractivity contribution in [2.24, 2.45) is 4.99 Å². The van der Waals surface area contributed by atoms with Crippen LogP contribution in [-0.2, 0) is 6.54 Å². The molecule has 1 fully saturated rings. The first-order chi connectivity index (χ1) is 13.6. The maximum atomic E-state index is 4.70. The normalized spacial score (nSPS) is 16.0. The topological polar surface area (TPSA) is 52.6 Å². The van der Waals surface area contributed by atoms with Crippen molar-refractivity contribution < 1.29 is 0 Å². The zero-order chi connectivity index (χ0) is 19.9. The van der Waals surface area contributed by atoms with Gasteiger partial charge in [-0.15, -0.1) is 35.3 Å². The largest absolute Gasteiger partial charge is 0.354 e. The molecule has 1 aliphatic heterocycles. The van der Waals surface area contributed by atoms with Crippen LogP contribution in [0.4, 0.5) is 0 Å². The smallest absolute Gasteiger partial charge is 0.191 e. The number of thiazole rings is 1. The van der Waals surface area contributed by atoms with Gasteiger partial charge in [-0.05, 0) is 44.3 Å². The van der Waals surface area contributed by atoms with Crippen LogP contribution in [0.15, 0.2) is 34.6 Å². The number of nitrogens with one attached hydrogen (secondary N) is 2. The Hall–Kier alpha value is -1.19. The number of halogens is 1. The summed E-state index contributed by atoms with van der Waals surface area (Å²) < 4.78 is 0. The van der Waals surface area contributed by atoms with Crippen molar-refractivity contribution in [3.05, 3.63) is 51.5 Å². The second-order valence-electron chi connectivity index (χ2n) is 7.80. The molecule has 0 amide bonds. The molecular weight excluding hydrogens is 493 g/mol. The number of hydrogen-bond acceptors (Lipinski definition) is 4. The Morgan fingerprint density at radius 2 is 1.86 bits per heavy atom. The van der Waals surface area contributed by atoms with Crippen molar-refractivity contribution in [1.82, 2.24) is 20.5 Å². The van der Waals surface area contributed by atoms with Gasteiger partial charge < -0.3 is 10.6 Å². The van der Waals surface area contributed by atoms with Gasteiger partial charge in [0.05, 0.1) is 18.3 Å². The van der Waals surface area contributed by atoms with E-state index in [0.717, 1.165) is 17.5 Å². The number of benzene rings is 1. The van der Waals surface area contributed by atoms with Crippen LogP contribution in [0.2, 0.25) is 0 Å². The van der Waals surface area contributed by atoms with Gasteiger partial charge in [0.1, 0.15) is 5.01 Å². The van der Waals surface area contributed by atoms with Crippen LogP contribution >= 0.6 is 35.3 Å². The summed E-state index contributed by atoms with van der Waals surface area (Å²) in [5.74, 6) is 1.30. The van der Waals surface area contributed by atoms with Gasteiger partial charge >= 0.3 is 0 Å². The molecule has 2 N–H and O–H groups in total. The number of aliphatic imine (C=N–C) groups is 1. The lowest BCUT2D eigenvalue weighted by Gasteiger charge is -2.29. The number of nitrogens with zero attached hydrogens (tertiary/aromatic N) is 3. The van der Waals surface area contributed by atoms with E-state index >= 15 is 0 Å². The average Bonchev–Trinajstić information content (AvgIpc) is 3.38. The van der Waals surface area contributed by atoms with Crippen molar-refractivity contribution >= 4 is 41.3 Å². The van der Waals surface area contributed by atoms with Crippen molar-refractivity contribution in [3.63, 3.8) is 0 Å². The molecule has 0 bridgehead atoms. The van der Waals surface area contributed by atoms with Gasteiger partial charge in [-0.2, -0.15) is 0 Å². The summed E-state index contributed by atoms with van der Waals surface area (Å²) in [5, 5.41) is 10.2. The van der Waals surface area contributed by atoms with E-state index in [-0.39, 0.29) is 24.0 Å². The van der Waals surface area contributed by atoms with Gasteiger partial charge in [-0.25, -0.2) is 4.98 Å². The van der Waals surface area contributed by atoms with Gasteiger partial charge in [0, 0.05) is 19.0 Å². The summed E-state index contributed by atoms with van der Waals surface area (Å²) in [6, 6.07) is 9.31. The summed E-state index contributed by atoms with van der Waals surface area (Å²) in [4.78, 5) is 11.7. The second-order valence-corrected chi connectivity index (χ2v) is 8.74. The predicted octanol–water partition coefficient (Wildman–Crippen LogP) is 4.70. The number of rotatable bonds is 7. The lowest BCUT2D eigenvalue weighted by Crippen LogP contribution is -2.42. The van der Waals surface area contributed by atoms with Gasteiger partial charge in [0.2, 0.25) is 0 Å². The molecule has 1 atom stereocenters. The van der Waals surface area contributed by atoms with Crippen molar-refractivity contribution in [2.45, 2.75) is 52.1 Å². The average molecular weight is 528 g/mol. The Morgan fingerprint density at radius 1 is 1.17 bits per heavy atom. The van der Waals surface area contributed by atoms with E-state index in [1.807, 2.05) is 7.05 Å². The standard InChI is InChI=1S/C22H33N5S.HI/c1-16(2)19-15-28-21(26-19)14-25-22(23-4)24-13-20(27-11-5-6-12-27)18-9-7-17(3)8-10-18;/h7-10,15-16,20H,5-6,11-14H2,1-4H3,(H2,23,24,25);1H. The molecule has 2 aromatic rings. The fourth-order valence-corrected chi connectivity index (χ4v) is 4.44. The summed E-state index contributed by atoms with van der Waals surface area (Å²) in [6.45, 7) is 10.4. The van der Waals surface area contributed by atoms with E-state index in [9.17, 15) is 0 Å². The number of aromatic nitrogens is 1. The van der Waals surface area contributed by atoms with Gasteiger partial charge in [-0.3, -0.25) is 9.89 Å². The van der Waals surface area contributed by atoms with Crippen molar-refractivity contribution in [1.29, 1.82) is 0 Å². The highest BCUT2D eigenvalue weighted by Crippen LogP contribution is 2.25. The number of aryl methyl sites for hydroxylation is 1. The Bertz CT molecular complexity index is 766. The predicted molar refractivity (Wildman–Crippen MR) is 135 cm³/mol. The van der Waals surface area contributed by atoms with Crippen LogP contribution < -0.4 is 10.6 Å². The fourth-order valence-electron chi connectivity index (χ4n) is 3.54. The summed E-state index contributed by atoms with van der Waals surface area (Å²) in [5.41, 5.74) is 3.84. The lowest BCUT2D eigenvalue weighted by atomic mass is 10.0. The molecule has 3 rings (SSSR count). The molecule has 1 saturated heterocycles. The van der Waals surface area contributed by atoms with Gasteiger partial charge in [0.15, 0.2) is 5.96 Å². The van der Waals surface area contributed by atoms with E-state index in [4.69, 9.17) is 4.98 Å². The molecule has 160 valence electrons. The third-order valence-electron chi connectivity index (χ3n) is 5.30. The zero-order valence-electron chi connectivity index (χ0n) is 17.9. The molecule has 0 spiro atoms. The second kappa shape index (κ2) is 11.9. The fraction of sp³-hybridized carbons (Fsp3) is 0.545. The first-order valence-corrected chi connectivity index (χ1v) is 11.1. The Morgan fingerprint density at radius 3 is 2.45 bits per heavy atom. The highest BCUT2D eigenvalue weighted by molar-refractivity contribution is 14.0. The molecule has 0 aliphatic carbocycles. The number of likely N-dealkylation sites (tertiary alicyclic amines) is 1. The van der Waals surface area contributed by atoms with E-state index in [0.29, 0.717) is 18.5 Å². The number of hydrogen-bond donors (Lipinski definition) is 2. The molecule has 1 aliphatic rings. The highest BCUT2D eigenvalue weighted by atomic mass is 127. The third kappa shape index (κ3) is 6.93. The SMILES string of the molecule is CN=C(NCc1nc(C(C)C)cs1)NCC(c1ccc(C)cc1)N1CCCC1.I. The third-order valence-corrected chi connectivity index (χ3v) is 6.17. The van der Waals surface area contributed by atoms with E-state index < -0.39 is 0 Å². The Balaban J connectivity index is 0.00000300. The van der Waals surface area contributed by atoms with Crippen LogP contribution in [0.5, 0.6) is 0 Å². The molecular formula is C22H34IN5S. The van der Waals surface area contributed by atoms with E-state index in [1.165, 1.54) is 42.8 Å². The Kier molecular flexibility index (Phi) is 9.85. The molecule has 2 heterocycles. The lowest BCUT2D eigenvalue weighted by molar-refractivity contribution is 0.245. The van der Waals surface area contributed by atoms with Crippen molar-refractivity contribution in [2.75, 3.05) is 26.7 Å². The van der Waals surface area contributed by atoms with Crippen LogP contribution in [0.1, 0.15) is 60.5 Å². The summed E-state index contributed by atoms with van der Waals surface area (Å²) in [7, 11) is 1.83. The minimum Gasteiger partial charge on any atom is -0.354 e. The molecule has 7 heteroatoms. The van der Waals surface area contributed by atoms with Crippen LogP contribution in [0, 0.1) is 6.92 Å². The first kappa shape index (κ1) is 24.1. The highest BCUT2D eigenvalue weighted by Gasteiger charge is 2.23. The van der Waals surface area contributed by atoms with Crippen LogP contribution in [-0.4, -0.2) is 42.5 Å². The molecule has 0 saturated carbocycles. The molecule has 5 nitrogen and oxygen atoms in total. The Labute approximate surface area is 196 Å². The monoisotopic (exact) mass is 527 g/mol. The minimum atomic E-state index is 0. The molecule has 29 heavy (non-hydrogen) atoms. The van der Waals surface area contributed by atoms with Gasteiger partial charge in [0.25, 0.3) is 0 Å². The van der Waals surface area contributed by atoms with E-state index in [2.05, 4.69) is 70.9 Å². The zero-order valence-corrected chi connectivity index (χ0v) is 21.1. The molecule has 1 aromatic heterocycles. The molecule has 1 unspecified atom stereocenters. The first-order valence-electron chi connectivity index (χ1n) is 10.3. The van der Waals surface area contributed by atoms with Crippen LogP contribution in [0.25, 0.3) is 0 Å².